The molecule has 1 aliphatic heterocycles. The van der Waals surface area contributed by atoms with Crippen molar-refractivity contribution in [1.82, 2.24) is 4.90 Å². The Hall–Kier alpha value is -1.65. The number of aryl methyl sites for hydroxylation is 1. The van der Waals surface area contributed by atoms with E-state index in [1.807, 2.05) is 0 Å². The van der Waals surface area contributed by atoms with E-state index in [4.69, 9.17) is 0 Å². The van der Waals surface area contributed by atoms with E-state index < -0.39 is 5.97 Å². The Bertz CT molecular complexity index is 875. The molecule has 0 amide bonds. The molecule has 2 aliphatic rings. The Balaban J connectivity index is 1.72. The number of likely N-dealkylation sites (tertiary alicyclic amines) is 1. The van der Waals surface area contributed by atoms with Crippen LogP contribution < -0.4 is 0 Å². The first-order valence-electron chi connectivity index (χ1n) is 10.5. The predicted octanol–water partition coefficient (Wildman–Crippen LogP) is 5.51. The molecule has 0 saturated carbocycles. The van der Waals surface area contributed by atoms with Crippen molar-refractivity contribution in [2.24, 2.45) is 11.3 Å². The number of carbonyl (C=O) groups is 1. The second-order valence-corrected chi connectivity index (χ2v) is 10.6. The van der Waals surface area contributed by atoms with Crippen LogP contribution in [0.4, 0.5) is 0 Å². The molecule has 0 atom stereocenters. The molecule has 2 heterocycles. The van der Waals surface area contributed by atoms with Crippen LogP contribution in [0.3, 0.4) is 0 Å². The molecule has 1 N–H and O–H groups in total. The second kappa shape index (κ2) is 7.64. The lowest BCUT2D eigenvalue weighted by Crippen LogP contribution is -2.31. The van der Waals surface area contributed by atoms with E-state index in [-0.39, 0.29) is 5.41 Å². The monoisotopic (exact) mass is 397 g/mol. The lowest BCUT2D eigenvalue weighted by atomic mass is 9.75. The van der Waals surface area contributed by atoms with Gasteiger partial charge in [0.1, 0.15) is 0 Å². The average Bonchev–Trinajstić information content (AvgIpc) is 3.01. The van der Waals surface area contributed by atoms with Gasteiger partial charge in [-0.15, -0.1) is 11.3 Å². The molecule has 1 aliphatic carbocycles. The summed E-state index contributed by atoms with van der Waals surface area (Å²) in [6.45, 7) is 6.84. The molecule has 1 saturated heterocycles. The molecule has 0 unspecified atom stereocenters. The summed E-state index contributed by atoms with van der Waals surface area (Å²) in [5.74, 6) is -0.0709. The molecule has 2 aromatic rings. The van der Waals surface area contributed by atoms with Crippen molar-refractivity contribution in [3.05, 3.63) is 45.8 Å². The van der Waals surface area contributed by atoms with E-state index in [1.54, 1.807) is 11.3 Å². The summed E-state index contributed by atoms with van der Waals surface area (Å²) in [7, 11) is 2.20. The van der Waals surface area contributed by atoms with Crippen molar-refractivity contribution in [2.45, 2.75) is 52.4 Å². The maximum Gasteiger partial charge on any atom is 0.337 e. The third-order valence-electron chi connectivity index (χ3n) is 6.60. The number of nitrogens with zero attached hydrogens (tertiary/aromatic N) is 1. The molecule has 150 valence electrons. The van der Waals surface area contributed by atoms with Gasteiger partial charge in [-0.05, 0) is 86.7 Å². The lowest BCUT2D eigenvalue weighted by molar-refractivity contribution is 0.0696. The number of thiophene rings is 1. The second-order valence-electron chi connectivity index (χ2n) is 9.46. The summed E-state index contributed by atoms with van der Waals surface area (Å²) < 4.78 is 0. The Morgan fingerprint density at radius 2 is 1.96 bits per heavy atom. The van der Waals surface area contributed by atoms with Gasteiger partial charge < -0.3 is 10.0 Å². The molecule has 28 heavy (non-hydrogen) atoms. The number of hydrogen-bond acceptors (Lipinski definition) is 3. The molecule has 4 rings (SSSR count). The number of fused-ring (bicyclic) bond motifs is 1. The average molecular weight is 398 g/mol. The molecule has 1 aromatic heterocycles. The zero-order valence-corrected chi connectivity index (χ0v) is 18.1. The van der Waals surface area contributed by atoms with E-state index in [0.29, 0.717) is 11.5 Å². The maximum absolute atomic E-state index is 12.3. The molecule has 0 spiro atoms. The summed E-state index contributed by atoms with van der Waals surface area (Å²) in [6.07, 6.45) is 6.52. The van der Waals surface area contributed by atoms with Crippen LogP contribution >= 0.6 is 11.3 Å². The number of aromatic carboxylic acids is 1. The highest BCUT2D eigenvalue weighted by Crippen LogP contribution is 2.46. The van der Waals surface area contributed by atoms with Crippen LogP contribution in [-0.2, 0) is 19.3 Å². The minimum atomic E-state index is -0.765. The molecule has 0 bridgehead atoms. The fraction of sp³-hybridized carbons (Fsp3) is 0.542. The minimum Gasteiger partial charge on any atom is -0.478 e. The van der Waals surface area contributed by atoms with Crippen LogP contribution in [0.2, 0.25) is 0 Å². The van der Waals surface area contributed by atoms with Crippen molar-refractivity contribution in [1.29, 1.82) is 0 Å². The highest BCUT2D eigenvalue weighted by molar-refractivity contribution is 7.16. The topological polar surface area (TPSA) is 40.5 Å². The van der Waals surface area contributed by atoms with E-state index in [0.717, 1.165) is 54.8 Å². The molecular formula is C24H31NO2S. The van der Waals surface area contributed by atoms with Gasteiger partial charge in [0.2, 0.25) is 0 Å². The molecule has 0 radical (unpaired) electrons. The standard InChI is InChI=1S/C24H31NO2S/c1-24(2)11-8-20-19(15-24)21(23(26)27)22(28-20)18-7-5-4-6-17(18)14-16-9-12-25(3)13-10-16/h4-7,16H,8-15H2,1-3H3,(H,26,27). The summed E-state index contributed by atoms with van der Waals surface area (Å²) in [6, 6.07) is 8.51. The number of benzene rings is 1. The predicted molar refractivity (Wildman–Crippen MR) is 116 cm³/mol. The first-order valence-corrected chi connectivity index (χ1v) is 11.3. The number of carboxylic acids is 1. The molecule has 4 heteroatoms. The van der Waals surface area contributed by atoms with Gasteiger partial charge in [-0.3, -0.25) is 0 Å². The minimum absolute atomic E-state index is 0.184. The van der Waals surface area contributed by atoms with E-state index >= 15 is 0 Å². The van der Waals surface area contributed by atoms with E-state index in [1.165, 1.54) is 23.3 Å². The number of rotatable bonds is 4. The van der Waals surface area contributed by atoms with Gasteiger partial charge in [0, 0.05) is 9.75 Å². The fourth-order valence-corrected chi connectivity index (χ4v) is 6.20. The zero-order chi connectivity index (χ0) is 19.9. The van der Waals surface area contributed by atoms with Gasteiger partial charge in [0.25, 0.3) is 0 Å². The van der Waals surface area contributed by atoms with E-state index in [2.05, 4.69) is 50.1 Å². The normalized spacial score (nSPS) is 20.1. The largest absolute Gasteiger partial charge is 0.478 e. The fourth-order valence-electron chi connectivity index (χ4n) is 4.83. The van der Waals surface area contributed by atoms with Gasteiger partial charge in [-0.1, -0.05) is 38.1 Å². The van der Waals surface area contributed by atoms with Gasteiger partial charge >= 0.3 is 5.97 Å². The van der Waals surface area contributed by atoms with Crippen LogP contribution in [0, 0.1) is 11.3 Å². The van der Waals surface area contributed by atoms with Gasteiger partial charge in [-0.2, -0.15) is 0 Å². The number of hydrogen-bond donors (Lipinski definition) is 1. The zero-order valence-electron chi connectivity index (χ0n) is 17.3. The quantitative estimate of drug-likeness (QED) is 0.739. The van der Waals surface area contributed by atoms with Crippen molar-refractivity contribution in [3.8, 4) is 10.4 Å². The van der Waals surface area contributed by atoms with Gasteiger partial charge in [0.05, 0.1) is 5.56 Å². The van der Waals surface area contributed by atoms with Crippen LogP contribution in [0.25, 0.3) is 10.4 Å². The van der Waals surface area contributed by atoms with Gasteiger partial charge in [0.15, 0.2) is 0 Å². The SMILES string of the molecule is CN1CCC(Cc2ccccc2-c2sc3c(c2C(=O)O)CC(C)(C)CC3)CC1. The summed E-state index contributed by atoms with van der Waals surface area (Å²) >= 11 is 1.73. The first-order chi connectivity index (χ1) is 13.3. The third-order valence-corrected chi connectivity index (χ3v) is 7.92. The molecule has 1 aromatic carbocycles. The lowest BCUT2D eigenvalue weighted by Gasteiger charge is -2.29. The molecule has 3 nitrogen and oxygen atoms in total. The Kier molecular flexibility index (Phi) is 5.36. The smallest absolute Gasteiger partial charge is 0.337 e. The highest BCUT2D eigenvalue weighted by Gasteiger charge is 2.33. The van der Waals surface area contributed by atoms with Gasteiger partial charge in [-0.25, -0.2) is 4.79 Å². The van der Waals surface area contributed by atoms with Crippen LogP contribution in [0.15, 0.2) is 24.3 Å². The van der Waals surface area contributed by atoms with Crippen LogP contribution in [-0.4, -0.2) is 36.1 Å². The number of carboxylic acid groups (broad SMARTS) is 1. The summed E-state index contributed by atoms with van der Waals surface area (Å²) in [4.78, 5) is 17.0. The first kappa shape index (κ1) is 19.7. The summed E-state index contributed by atoms with van der Waals surface area (Å²) in [5.41, 5.74) is 4.32. The van der Waals surface area contributed by atoms with Crippen molar-refractivity contribution < 1.29 is 9.90 Å². The molecular weight excluding hydrogens is 366 g/mol. The Labute approximate surface area is 172 Å². The van der Waals surface area contributed by atoms with Crippen molar-refractivity contribution in [3.63, 3.8) is 0 Å². The van der Waals surface area contributed by atoms with Crippen LogP contribution in [0.1, 0.15) is 59.5 Å². The molecule has 1 fully saturated rings. The Morgan fingerprint density at radius 1 is 1.25 bits per heavy atom. The Morgan fingerprint density at radius 3 is 2.68 bits per heavy atom. The van der Waals surface area contributed by atoms with Crippen LogP contribution in [0.5, 0.6) is 0 Å². The maximum atomic E-state index is 12.3. The number of piperidine rings is 1. The third kappa shape index (κ3) is 3.90. The van der Waals surface area contributed by atoms with Crippen molar-refractivity contribution >= 4 is 17.3 Å². The summed E-state index contributed by atoms with van der Waals surface area (Å²) in [5, 5.41) is 10.1. The van der Waals surface area contributed by atoms with E-state index in [9.17, 15) is 9.90 Å². The highest BCUT2D eigenvalue weighted by atomic mass is 32.1. The van der Waals surface area contributed by atoms with Crippen molar-refractivity contribution in [2.75, 3.05) is 20.1 Å².